The highest BCUT2D eigenvalue weighted by atomic mass is 19.4. The van der Waals surface area contributed by atoms with Gasteiger partial charge in [0.15, 0.2) is 5.65 Å². The molecular weight excluding hydrogens is 397 g/mol. The van der Waals surface area contributed by atoms with E-state index in [-0.39, 0.29) is 23.1 Å². The van der Waals surface area contributed by atoms with Crippen LogP contribution in [0.3, 0.4) is 0 Å². The SMILES string of the molecule is CC(=O)N1CC[C@H](n2nc3nc(-c4c(C)cc(C(F)(F)F)cc4O)ccc3c2C)C1. The zero-order valence-corrected chi connectivity index (χ0v) is 16.8. The summed E-state index contributed by atoms with van der Waals surface area (Å²) in [5, 5.41) is 15.7. The monoisotopic (exact) mass is 418 g/mol. The van der Waals surface area contributed by atoms with E-state index in [2.05, 4.69) is 10.1 Å². The normalized spacial score (nSPS) is 17.1. The van der Waals surface area contributed by atoms with E-state index in [1.54, 1.807) is 17.9 Å². The summed E-state index contributed by atoms with van der Waals surface area (Å²) in [7, 11) is 0. The molecule has 0 bridgehead atoms. The second kappa shape index (κ2) is 7.00. The molecule has 1 saturated heterocycles. The van der Waals surface area contributed by atoms with E-state index < -0.39 is 17.5 Å². The zero-order chi connectivity index (χ0) is 21.8. The number of aromatic hydroxyl groups is 1. The number of benzene rings is 1. The largest absolute Gasteiger partial charge is 0.507 e. The van der Waals surface area contributed by atoms with E-state index >= 15 is 0 Å². The molecule has 0 spiro atoms. The van der Waals surface area contributed by atoms with Crippen molar-refractivity contribution in [3.05, 3.63) is 41.1 Å². The van der Waals surface area contributed by atoms with Crippen LogP contribution >= 0.6 is 0 Å². The van der Waals surface area contributed by atoms with Crippen LogP contribution in [-0.2, 0) is 11.0 Å². The number of halogens is 3. The zero-order valence-electron chi connectivity index (χ0n) is 16.8. The molecule has 0 aliphatic carbocycles. The van der Waals surface area contributed by atoms with Crippen molar-refractivity contribution in [3.8, 4) is 17.0 Å². The molecule has 3 heterocycles. The first-order valence-corrected chi connectivity index (χ1v) is 9.59. The van der Waals surface area contributed by atoms with E-state index in [0.29, 0.717) is 30.5 Å². The lowest BCUT2D eigenvalue weighted by atomic mass is 10.00. The molecule has 1 aliphatic rings. The predicted molar refractivity (Wildman–Crippen MR) is 105 cm³/mol. The summed E-state index contributed by atoms with van der Waals surface area (Å²) in [4.78, 5) is 17.9. The van der Waals surface area contributed by atoms with Gasteiger partial charge in [0.1, 0.15) is 5.75 Å². The number of alkyl halides is 3. The minimum atomic E-state index is -4.54. The van der Waals surface area contributed by atoms with Crippen LogP contribution in [0.1, 0.15) is 36.2 Å². The van der Waals surface area contributed by atoms with Crippen LogP contribution in [0.25, 0.3) is 22.3 Å². The second-order valence-electron chi connectivity index (χ2n) is 7.69. The number of amides is 1. The fourth-order valence-electron chi connectivity index (χ4n) is 4.10. The summed E-state index contributed by atoms with van der Waals surface area (Å²) in [5.74, 6) is -0.446. The smallest absolute Gasteiger partial charge is 0.416 e. The molecular formula is C21H21F3N4O2. The maximum atomic E-state index is 13.0. The van der Waals surface area contributed by atoms with E-state index in [9.17, 15) is 23.1 Å². The highest BCUT2D eigenvalue weighted by Crippen LogP contribution is 2.39. The van der Waals surface area contributed by atoms with Gasteiger partial charge in [0.25, 0.3) is 0 Å². The van der Waals surface area contributed by atoms with Gasteiger partial charge in [0, 0.05) is 36.7 Å². The number of carbonyl (C=O) groups excluding carboxylic acids is 1. The molecule has 1 aliphatic heterocycles. The lowest BCUT2D eigenvalue weighted by Gasteiger charge is -2.15. The van der Waals surface area contributed by atoms with Gasteiger partial charge in [-0.2, -0.15) is 18.3 Å². The summed E-state index contributed by atoms with van der Waals surface area (Å²) in [6, 6.07) is 5.25. The van der Waals surface area contributed by atoms with Gasteiger partial charge in [-0.25, -0.2) is 4.98 Å². The van der Waals surface area contributed by atoms with Crippen LogP contribution in [0.2, 0.25) is 0 Å². The van der Waals surface area contributed by atoms with Crippen molar-refractivity contribution in [2.24, 2.45) is 0 Å². The molecule has 30 heavy (non-hydrogen) atoms. The van der Waals surface area contributed by atoms with Crippen molar-refractivity contribution in [1.82, 2.24) is 19.7 Å². The maximum Gasteiger partial charge on any atom is 0.416 e. The number of carbonyl (C=O) groups is 1. The molecule has 2 aromatic heterocycles. The van der Waals surface area contributed by atoms with Gasteiger partial charge in [-0.15, -0.1) is 0 Å². The van der Waals surface area contributed by atoms with Gasteiger partial charge in [-0.05, 0) is 50.1 Å². The van der Waals surface area contributed by atoms with Gasteiger partial charge < -0.3 is 10.0 Å². The van der Waals surface area contributed by atoms with E-state index in [4.69, 9.17) is 0 Å². The molecule has 158 valence electrons. The molecule has 0 radical (unpaired) electrons. The molecule has 9 heteroatoms. The highest BCUT2D eigenvalue weighted by Gasteiger charge is 2.32. The topological polar surface area (TPSA) is 71.2 Å². The Morgan fingerprint density at radius 1 is 1.23 bits per heavy atom. The fourth-order valence-corrected chi connectivity index (χ4v) is 4.10. The number of hydrogen-bond acceptors (Lipinski definition) is 4. The molecule has 4 rings (SSSR count). The number of rotatable bonds is 2. The van der Waals surface area contributed by atoms with Crippen molar-refractivity contribution < 1.29 is 23.1 Å². The van der Waals surface area contributed by atoms with Crippen molar-refractivity contribution in [2.75, 3.05) is 13.1 Å². The van der Waals surface area contributed by atoms with Crippen LogP contribution in [0, 0.1) is 13.8 Å². The van der Waals surface area contributed by atoms with Crippen molar-refractivity contribution in [3.63, 3.8) is 0 Å². The first-order valence-electron chi connectivity index (χ1n) is 9.59. The third kappa shape index (κ3) is 3.38. The average Bonchev–Trinajstić information content (AvgIpc) is 3.25. The van der Waals surface area contributed by atoms with Gasteiger partial charge in [0.05, 0.1) is 17.3 Å². The molecule has 1 atom stereocenters. The lowest BCUT2D eigenvalue weighted by Crippen LogP contribution is -2.26. The Hall–Kier alpha value is -3.10. The first kappa shape index (κ1) is 20.2. The quantitative estimate of drug-likeness (QED) is 0.676. The van der Waals surface area contributed by atoms with E-state index in [1.807, 2.05) is 17.7 Å². The molecule has 1 amide bonds. The highest BCUT2D eigenvalue weighted by molar-refractivity contribution is 5.83. The molecule has 3 aromatic rings. The Morgan fingerprint density at radius 3 is 2.57 bits per heavy atom. The number of pyridine rings is 1. The minimum Gasteiger partial charge on any atom is -0.507 e. The number of phenols is 1. The molecule has 1 aromatic carbocycles. The van der Waals surface area contributed by atoms with Crippen LogP contribution in [-0.4, -0.2) is 43.8 Å². The standard InChI is InChI=1S/C21H21F3N4O2/c1-11-8-14(21(22,23)24)9-18(30)19(11)17-5-4-16-12(2)28(26-20(16)25-17)15-6-7-27(10-15)13(3)29/h4-5,8-9,15,30H,6-7,10H2,1-3H3/t15-/m0/s1. The van der Waals surface area contributed by atoms with Crippen LogP contribution in [0.15, 0.2) is 24.3 Å². The van der Waals surface area contributed by atoms with Crippen molar-refractivity contribution >= 4 is 16.9 Å². The third-order valence-electron chi connectivity index (χ3n) is 5.66. The van der Waals surface area contributed by atoms with Gasteiger partial charge in [-0.3, -0.25) is 9.48 Å². The van der Waals surface area contributed by atoms with E-state index in [1.165, 1.54) is 6.92 Å². The predicted octanol–water partition coefficient (Wildman–Crippen LogP) is 4.23. The van der Waals surface area contributed by atoms with E-state index in [0.717, 1.165) is 23.6 Å². The molecule has 1 N–H and O–H groups in total. The summed E-state index contributed by atoms with van der Waals surface area (Å²) in [6.07, 6.45) is -3.75. The van der Waals surface area contributed by atoms with Gasteiger partial charge in [0.2, 0.25) is 5.91 Å². The average molecular weight is 418 g/mol. The van der Waals surface area contributed by atoms with Gasteiger partial charge >= 0.3 is 6.18 Å². The Kier molecular flexibility index (Phi) is 4.71. The summed E-state index contributed by atoms with van der Waals surface area (Å²) >= 11 is 0. The molecule has 6 nitrogen and oxygen atoms in total. The number of phenolic OH excluding ortho intramolecular Hbond substituents is 1. The maximum absolute atomic E-state index is 13.0. The Bertz CT molecular complexity index is 1130. The number of aryl methyl sites for hydroxylation is 2. The van der Waals surface area contributed by atoms with Crippen LogP contribution in [0.4, 0.5) is 13.2 Å². The van der Waals surface area contributed by atoms with Crippen molar-refractivity contribution in [1.29, 1.82) is 0 Å². The first-order chi connectivity index (χ1) is 14.1. The number of hydrogen-bond donors (Lipinski definition) is 1. The second-order valence-corrected chi connectivity index (χ2v) is 7.69. The van der Waals surface area contributed by atoms with Crippen LogP contribution < -0.4 is 0 Å². The summed E-state index contributed by atoms with van der Waals surface area (Å²) in [6.45, 7) is 6.23. The fraction of sp³-hybridized carbons (Fsp3) is 0.381. The minimum absolute atomic E-state index is 0.0283. The van der Waals surface area contributed by atoms with Crippen molar-refractivity contribution in [2.45, 2.75) is 39.4 Å². The third-order valence-corrected chi connectivity index (χ3v) is 5.66. The number of aromatic nitrogens is 3. The molecule has 0 unspecified atom stereocenters. The lowest BCUT2D eigenvalue weighted by molar-refractivity contribution is -0.137. The summed E-state index contributed by atoms with van der Waals surface area (Å²) < 4.78 is 40.9. The van der Waals surface area contributed by atoms with Crippen LogP contribution in [0.5, 0.6) is 5.75 Å². The Labute approximate surface area is 170 Å². The Balaban J connectivity index is 1.74. The molecule has 1 fully saturated rings. The van der Waals surface area contributed by atoms with Gasteiger partial charge in [-0.1, -0.05) is 0 Å². The number of nitrogens with zero attached hydrogens (tertiary/aromatic N) is 4. The molecule has 0 saturated carbocycles. The number of fused-ring (bicyclic) bond motifs is 1. The Morgan fingerprint density at radius 2 is 1.97 bits per heavy atom. The number of likely N-dealkylation sites (tertiary alicyclic amines) is 1. The summed E-state index contributed by atoms with van der Waals surface area (Å²) in [5.41, 5.74) is 1.34.